The summed E-state index contributed by atoms with van der Waals surface area (Å²) in [4.78, 5) is 25.2. The molecule has 1 aliphatic rings. The van der Waals surface area contributed by atoms with E-state index in [0.717, 1.165) is 17.7 Å². The molecule has 0 N–H and O–H groups in total. The van der Waals surface area contributed by atoms with Crippen molar-refractivity contribution in [2.24, 2.45) is 0 Å². The monoisotopic (exact) mass is 436 g/mol. The van der Waals surface area contributed by atoms with E-state index < -0.39 is 50.1 Å². The predicted octanol–water partition coefficient (Wildman–Crippen LogP) is 4.09. The maximum atomic E-state index is 13.8. The van der Waals surface area contributed by atoms with Gasteiger partial charge in [0.15, 0.2) is 21.2 Å². The van der Waals surface area contributed by atoms with E-state index in [4.69, 9.17) is 4.74 Å². The van der Waals surface area contributed by atoms with Crippen LogP contribution in [-0.4, -0.2) is 31.5 Å². The molecule has 3 rings (SSSR count). The summed E-state index contributed by atoms with van der Waals surface area (Å²) in [5.41, 5.74) is 0.690. The van der Waals surface area contributed by atoms with Gasteiger partial charge < -0.3 is 4.74 Å². The first kappa shape index (κ1) is 22.1. The lowest BCUT2D eigenvalue weighted by Gasteiger charge is -2.27. The van der Waals surface area contributed by atoms with Crippen LogP contribution in [0.25, 0.3) is 0 Å². The van der Waals surface area contributed by atoms with E-state index in [-0.39, 0.29) is 17.7 Å². The van der Waals surface area contributed by atoms with Gasteiger partial charge >= 0.3 is 5.97 Å². The smallest absolute Gasteiger partial charge is 0.328 e. The summed E-state index contributed by atoms with van der Waals surface area (Å²) in [6, 6.07) is 7.35. The Morgan fingerprint density at radius 3 is 2.37 bits per heavy atom. The number of esters is 1. The van der Waals surface area contributed by atoms with Gasteiger partial charge in [0, 0.05) is 0 Å². The normalized spacial score (nSPS) is 15.7. The molecule has 0 spiro atoms. The van der Waals surface area contributed by atoms with Gasteiger partial charge in [0.1, 0.15) is 11.6 Å². The van der Waals surface area contributed by atoms with Crippen LogP contribution in [0.5, 0.6) is 0 Å². The summed E-state index contributed by atoms with van der Waals surface area (Å²) in [6.07, 6.45) is 1.19. The van der Waals surface area contributed by atoms with Gasteiger partial charge in [-0.3, -0.25) is 9.59 Å². The molecule has 2 aromatic carbocycles. The second kappa shape index (κ2) is 8.26. The minimum absolute atomic E-state index is 0.0591. The molecule has 0 bridgehead atoms. The zero-order valence-electron chi connectivity index (χ0n) is 16.7. The van der Waals surface area contributed by atoms with Crippen molar-refractivity contribution in [3.8, 4) is 0 Å². The van der Waals surface area contributed by atoms with Crippen LogP contribution < -0.4 is 0 Å². The zero-order chi connectivity index (χ0) is 22.1. The van der Waals surface area contributed by atoms with Crippen LogP contribution in [0.15, 0.2) is 41.3 Å². The number of ketones is 1. The third-order valence-corrected chi connectivity index (χ3v) is 8.12. The molecule has 1 saturated carbocycles. The predicted molar refractivity (Wildman–Crippen MR) is 106 cm³/mol. The lowest BCUT2D eigenvalue weighted by Crippen LogP contribution is -2.46. The topological polar surface area (TPSA) is 77.5 Å². The first-order valence-electron chi connectivity index (χ1n) is 9.56. The minimum atomic E-state index is -4.10. The number of hydrogen-bond acceptors (Lipinski definition) is 5. The second-order valence-corrected chi connectivity index (χ2v) is 9.83. The molecule has 0 aliphatic heterocycles. The number of carbonyl (C=O) groups excluding carboxylic acids is 2. The molecule has 0 unspecified atom stereocenters. The number of Topliss-reactive ketones (excluding diaryl/α,β-unsaturated/α-hetero) is 1. The minimum Gasteiger partial charge on any atom is -0.456 e. The first-order valence-corrected chi connectivity index (χ1v) is 11.0. The van der Waals surface area contributed by atoms with Crippen molar-refractivity contribution in [3.63, 3.8) is 0 Å². The summed E-state index contributed by atoms with van der Waals surface area (Å²) < 4.78 is 57.4. The molecule has 0 amide bonds. The molecule has 0 radical (unpaired) electrons. The Hall–Kier alpha value is -2.61. The maximum absolute atomic E-state index is 13.8. The van der Waals surface area contributed by atoms with Crippen molar-refractivity contribution in [3.05, 3.63) is 64.7 Å². The van der Waals surface area contributed by atoms with Gasteiger partial charge in [0.25, 0.3) is 0 Å². The highest BCUT2D eigenvalue weighted by atomic mass is 32.2. The molecule has 30 heavy (non-hydrogen) atoms. The molecular weight excluding hydrogens is 414 g/mol. The average Bonchev–Trinajstić information content (AvgIpc) is 3.21. The summed E-state index contributed by atoms with van der Waals surface area (Å²) >= 11 is 0. The molecule has 0 heterocycles. The fourth-order valence-electron chi connectivity index (χ4n) is 3.79. The first-order chi connectivity index (χ1) is 14.1. The van der Waals surface area contributed by atoms with Crippen molar-refractivity contribution in [2.45, 2.75) is 49.2 Å². The Labute approximate surface area is 174 Å². The number of carbonyl (C=O) groups is 2. The van der Waals surface area contributed by atoms with Gasteiger partial charge in [-0.05, 0) is 62.1 Å². The van der Waals surface area contributed by atoms with Crippen molar-refractivity contribution < 1.29 is 31.5 Å². The number of aryl methyl sites for hydroxylation is 2. The second-order valence-electron chi connectivity index (χ2n) is 7.60. The lowest BCUT2D eigenvalue weighted by molar-refractivity contribution is -0.145. The lowest BCUT2D eigenvalue weighted by atomic mass is 10.1. The molecule has 1 fully saturated rings. The van der Waals surface area contributed by atoms with E-state index in [9.17, 15) is 26.8 Å². The van der Waals surface area contributed by atoms with Gasteiger partial charge in [-0.1, -0.05) is 25.0 Å². The number of hydrogen-bond donors (Lipinski definition) is 0. The largest absolute Gasteiger partial charge is 0.456 e. The van der Waals surface area contributed by atoms with Crippen molar-refractivity contribution >= 4 is 21.6 Å². The quantitative estimate of drug-likeness (QED) is 0.503. The van der Waals surface area contributed by atoms with Crippen LogP contribution in [0.2, 0.25) is 0 Å². The highest BCUT2D eigenvalue weighted by molar-refractivity contribution is 7.93. The number of ether oxygens (including phenoxy) is 1. The molecule has 0 atom stereocenters. The van der Waals surface area contributed by atoms with Crippen molar-refractivity contribution in [2.75, 3.05) is 6.61 Å². The van der Waals surface area contributed by atoms with Crippen LogP contribution in [0, 0.1) is 25.5 Å². The fraction of sp³-hybridized carbons (Fsp3) is 0.364. The molecule has 160 valence electrons. The number of rotatable bonds is 6. The van der Waals surface area contributed by atoms with Gasteiger partial charge in [-0.15, -0.1) is 0 Å². The molecule has 2 aromatic rings. The standard InChI is InChI=1S/C22H22F2O5S/c1-14-5-6-15(2)20(11-14)30(27,28)22(9-3-4-10-22)21(26)29-13-19(25)17-12-16(23)7-8-18(17)24/h5-8,11-12H,3-4,9-10,13H2,1-2H3. The van der Waals surface area contributed by atoms with Gasteiger partial charge in [-0.25, -0.2) is 17.2 Å². The highest BCUT2D eigenvalue weighted by Gasteiger charge is 2.54. The Kier molecular flexibility index (Phi) is 6.08. The number of benzene rings is 2. The van der Waals surface area contributed by atoms with E-state index in [0.29, 0.717) is 24.5 Å². The molecule has 0 aromatic heterocycles. The SMILES string of the molecule is Cc1ccc(C)c(S(=O)(=O)C2(C(=O)OCC(=O)c3cc(F)ccc3F)CCCC2)c1. The maximum Gasteiger partial charge on any atom is 0.328 e. The summed E-state index contributed by atoms with van der Waals surface area (Å²) in [7, 11) is -4.10. The fourth-order valence-corrected chi connectivity index (χ4v) is 6.15. The van der Waals surface area contributed by atoms with Crippen molar-refractivity contribution in [1.29, 1.82) is 0 Å². The average molecular weight is 436 g/mol. The van der Waals surface area contributed by atoms with E-state index in [1.165, 1.54) is 6.07 Å². The highest BCUT2D eigenvalue weighted by Crippen LogP contribution is 2.42. The molecular formula is C22H22F2O5S. The third kappa shape index (κ3) is 3.88. The molecule has 1 aliphatic carbocycles. The Morgan fingerprint density at radius 2 is 1.70 bits per heavy atom. The van der Waals surface area contributed by atoms with E-state index in [1.54, 1.807) is 26.0 Å². The van der Waals surface area contributed by atoms with Crippen LogP contribution in [0.1, 0.15) is 47.2 Å². The number of halogens is 2. The van der Waals surface area contributed by atoms with Gasteiger partial charge in [0.2, 0.25) is 5.78 Å². The molecule has 5 nitrogen and oxygen atoms in total. The Balaban J connectivity index is 1.88. The summed E-state index contributed by atoms with van der Waals surface area (Å²) in [5, 5.41) is 0. The van der Waals surface area contributed by atoms with Crippen LogP contribution >= 0.6 is 0 Å². The van der Waals surface area contributed by atoms with E-state index >= 15 is 0 Å². The van der Waals surface area contributed by atoms with Crippen molar-refractivity contribution in [1.82, 2.24) is 0 Å². The van der Waals surface area contributed by atoms with Gasteiger partial charge in [0.05, 0.1) is 10.5 Å². The summed E-state index contributed by atoms with van der Waals surface area (Å²) in [5.74, 6) is -3.74. The van der Waals surface area contributed by atoms with Crippen LogP contribution in [0.3, 0.4) is 0 Å². The summed E-state index contributed by atoms with van der Waals surface area (Å²) in [6.45, 7) is 2.53. The van der Waals surface area contributed by atoms with E-state index in [2.05, 4.69) is 0 Å². The number of sulfone groups is 1. The third-order valence-electron chi connectivity index (χ3n) is 5.49. The Morgan fingerprint density at radius 1 is 1.03 bits per heavy atom. The van der Waals surface area contributed by atoms with E-state index in [1.807, 2.05) is 0 Å². The van der Waals surface area contributed by atoms with Crippen LogP contribution in [-0.2, 0) is 19.4 Å². The molecule has 8 heteroatoms. The Bertz CT molecular complexity index is 1100. The zero-order valence-corrected chi connectivity index (χ0v) is 17.5. The van der Waals surface area contributed by atoms with Crippen LogP contribution in [0.4, 0.5) is 8.78 Å². The van der Waals surface area contributed by atoms with Gasteiger partial charge in [-0.2, -0.15) is 0 Å². The molecule has 0 saturated heterocycles.